The molecule has 0 bridgehead atoms. The van der Waals surface area contributed by atoms with E-state index in [9.17, 15) is 9.59 Å². The first-order valence-corrected chi connectivity index (χ1v) is 10.5. The van der Waals surface area contributed by atoms with E-state index in [1.807, 2.05) is 13.0 Å². The third-order valence-electron chi connectivity index (χ3n) is 4.98. The average molecular weight is 460 g/mol. The molecule has 0 aliphatic rings. The summed E-state index contributed by atoms with van der Waals surface area (Å²) in [7, 11) is 3.07. The molecule has 34 heavy (non-hydrogen) atoms. The fraction of sp³-hybridized carbons (Fsp3) is 0.160. The standard InChI is InChI=1S/C25H24N4O5/c1-16-7-10-23-26-19(13-24(30)29(23)14-16)15-34-20-6-4-5-17(11-20)27-25(31)28-18-8-9-21(32-2)22(12-18)33-3/h4-14H,15H2,1-3H3,(H2,27,28,31). The molecule has 4 aromatic rings. The summed E-state index contributed by atoms with van der Waals surface area (Å²) in [6, 6.07) is 16.7. The summed E-state index contributed by atoms with van der Waals surface area (Å²) >= 11 is 0. The molecule has 2 heterocycles. The van der Waals surface area contributed by atoms with Crippen molar-refractivity contribution >= 4 is 23.1 Å². The third-order valence-corrected chi connectivity index (χ3v) is 4.98. The SMILES string of the molecule is COc1ccc(NC(=O)Nc2cccc(OCc3cc(=O)n4cc(C)ccc4n3)c2)cc1OC. The minimum absolute atomic E-state index is 0.112. The Morgan fingerprint density at radius 1 is 0.941 bits per heavy atom. The maximum atomic E-state index is 12.4. The first-order chi connectivity index (χ1) is 16.4. The Labute approximate surface area is 195 Å². The fourth-order valence-corrected chi connectivity index (χ4v) is 3.36. The van der Waals surface area contributed by atoms with Gasteiger partial charge in [0.1, 0.15) is 18.0 Å². The number of fused-ring (bicyclic) bond motifs is 1. The fourth-order valence-electron chi connectivity index (χ4n) is 3.36. The zero-order valence-electron chi connectivity index (χ0n) is 19.0. The van der Waals surface area contributed by atoms with E-state index < -0.39 is 6.03 Å². The Hall–Kier alpha value is -4.53. The summed E-state index contributed by atoms with van der Waals surface area (Å²) < 4.78 is 17.8. The van der Waals surface area contributed by atoms with Crippen molar-refractivity contribution in [2.45, 2.75) is 13.5 Å². The van der Waals surface area contributed by atoms with Crippen LogP contribution in [0.3, 0.4) is 0 Å². The second-order valence-electron chi connectivity index (χ2n) is 7.49. The molecule has 2 N–H and O–H groups in total. The highest BCUT2D eigenvalue weighted by Gasteiger charge is 2.09. The minimum Gasteiger partial charge on any atom is -0.493 e. The van der Waals surface area contributed by atoms with Gasteiger partial charge in [-0.1, -0.05) is 12.1 Å². The van der Waals surface area contributed by atoms with Crippen LogP contribution >= 0.6 is 0 Å². The quantitative estimate of drug-likeness (QED) is 0.428. The minimum atomic E-state index is -0.427. The molecule has 9 nitrogen and oxygen atoms in total. The number of pyridine rings is 1. The molecule has 0 aliphatic carbocycles. The van der Waals surface area contributed by atoms with Crippen molar-refractivity contribution in [2.75, 3.05) is 24.9 Å². The van der Waals surface area contributed by atoms with Crippen molar-refractivity contribution in [1.82, 2.24) is 9.38 Å². The first kappa shape index (κ1) is 22.7. The van der Waals surface area contributed by atoms with Gasteiger partial charge in [-0.15, -0.1) is 0 Å². The average Bonchev–Trinajstić information content (AvgIpc) is 2.83. The van der Waals surface area contributed by atoms with Crippen LogP contribution in [0.1, 0.15) is 11.3 Å². The summed E-state index contributed by atoms with van der Waals surface area (Å²) in [4.78, 5) is 29.3. The largest absolute Gasteiger partial charge is 0.493 e. The van der Waals surface area contributed by atoms with Crippen molar-refractivity contribution in [1.29, 1.82) is 0 Å². The van der Waals surface area contributed by atoms with Gasteiger partial charge in [0, 0.05) is 35.8 Å². The van der Waals surface area contributed by atoms with Crippen molar-refractivity contribution in [3.63, 3.8) is 0 Å². The zero-order chi connectivity index (χ0) is 24.1. The molecule has 0 fully saturated rings. The van der Waals surface area contributed by atoms with Gasteiger partial charge in [0.25, 0.3) is 5.56 Å². The number of benzene rings is 2. The van der Waals surface area contributed by atoms with Crippen molar-refractivity contribution < 1.29 is 19.0 Å². The van der Waals surface area contributed by atoms with Gasteiger partial charge >= 0.3 is 6.03 Å². The van der Waals surface area contributed by atoms with Gasteiger partial charge in [-0.05, 0) is 42.8 Å². The molecule has 0 spiro atoms. The Balaban J connectivity index is 1.40. The van der Waals surface area contributed by atoms with Gasteiger partial charge in [-0.2, -0.15) is 0 Å². The molecule has 2 amide bonds. The highest BCUT2D eigenvalue weighted by atomic mass is 16.5. The number of nitrogens with one attached hydrogen (secondary N) is 2. The number of aromatic nitrogens is 2. The summed E-state index contributed by atoms with van der Waals surface area (Å²) in [6.07, 6.45) is 1.75. The number of aryl methyl sites for hydroxylation is 1. The van der Waals surface area contributed by atoms with Crippen LogP contribution in [0.25, 0.3) is 5.65 Å². The van der Waals surface area contributed by atoms with Crippen LogP contribution in [0.15, 0.2) is 71.7 Å². The molecule has 4 rings (SSSR count). The van der Waals surface area contributed by atoms with Crippen LogP contribution in [0.4, 0.5) is 16.2 Å². The van der Waals surface area contributed by atoms with E-state index in [-0.39, 0.29) is 12.2 Å². The molecule has 0 radical (unpaired) electrons. The monoisotopic (exact) mass is 460 g/mol. The third kappa shape index (κ3) is 5.26. The Morgan fingerprint density at radius 3 is 2.47 bits per heavy atom. The predicted molar refractivity (Wildman–Crippen MR) is 129 cm³/mol. The lowest BCUT2D eigenvalue weighted by Gasteiger charge is -2.12. The molecule has 174 valence electrons. The number of carbonyl (C=O) groups excluding carboxylic acids is 1. The number of hydrogen-bond donors (Lipinski definition) is 2. The molecule has 0 atom stereocenters. The maximum absolute atomic E-state index is 12.4. The number of carbonyl (C=O) groups is 1. The van der Waals surface area contributed by atoms with Crippen LogP contribution in [-0.4, -0.2) is 29.6 Å². The number of ether oxygens (including phenoxy) is 3. The summed E-state index contributed by atoms with van der Waals surface area (Å²) in [6.45, 7) is 2.03. The van der Waals surface area contributed by atoms with E-state index in [4.69, 9.17) is 14.2 Å². The topological polar surface area (TPSA) is 103 Å². The number of methoxy groups -OCH3 is 2. The van der Waals surface area contributed by atoms with E-state index in [2.05, 4.69) is 15.6 Å². The number of hydrogen-bond acceptors (Lipinski definition) is 6. The first-order valence-electron chi connectivity index (χ1n) is 10.5. The lowest BCUT2D eigenvalue weighted by Crippen LogP contribution is -2.19. The highest BCUT2D eigenvalue weighted by Crippen LogP contribution is 2.29. The van der Waals surface area contributed by atoms with Crippen LogP contribution in [0, 0.1) is 6.92 Å². The summed E-state index contributed by atoms with van der Waals surface area (Å²) in [5, 5.41) is 5.51. The molecule has 0 saturated carbocycles. The van der Waals surface area contributed by atoms with Gasteiger partial charge < -0.3 is 24.8 Å². The van der Waals surface area contributed by atoms with E-state index in [1.165, 1.54) is 17.6 Å². The molecular formula is C25H24N4O5. The number of amides is 2. The second kappa shape index (κ2) is 9.95. The Bertz CT molecular complexity index is 1400. The van der Waals surface area contributed by atoms with Gasteiger partial charge in [-0.3, -0.25) is 9.20 Å². The van der Waals surface area contributed by atoms with Crippen molar-refractivity contribution in [3.05, 3.63) is 88.5 Å². The number of nitrogens with zero attached hydrogens (tertiary/aromatic N) is 2. The smallest absolute Gasteiger partial charge is 0.323 e. The number of urea groups is 1. The number of rotatable bonds is 7. The summed E-state index contributed by atoms with van der Waals surface area (Å²) in [5.74, 6) is 1.60. The van der Waals surface area contributed by atoms with Crippen molar-refractivity contribution in [2.24, 2.45) is 0 Å². The summed E-state index contributed by atoms with van der Waals surface area (Å²) in [5.41, 5.74) is 2.95. The molecule has 2 aromatic carbocycles. The Morgan fingerprint density at radius 2 is 1.71 bits per heavy atom. The van der Waals surface area contributed by atoms with Crippen molar-refractivity contribution in [3.8, 4) is 17.2 Å². The highest BCUT2D eigenvalue weighted by molar-refractivity contribution is 6.00. The predicted octanol–water partition coefficient (Wildman–Crippen LogP) is 4.24. The molecule has 9 heteroatoms. The lowest BCUT2D eigenvalue weighted by atomic mass is 10.2. The normalized spacial score (nSPS) is 10.6. The Kier molecular flexibility index (Phi) is 6.63. The van der Waals surface area contributed by atoms with E-state index in [1.54, 1.807) is 61.8 Å². The van der Waals surface area contributed by atoms with E-state index in [0.717, 1.165) is 5.56 Å². The molecular weight excluding hydrogens is 436 g/mol. The molecule has 0 unspecified atom stereocenters. The zero-order valence-corrected chi connectivity index (χ0v) is 19.0. The second-order valence-corrected chi connectivity index (χ2v) is 7.49. The van der Waals surface area contributed by atoms with E-state index in [0.29, 0.717) is 40.0 Å². The van der Waals surface area contributed by atoms with Crippen LogP contribution in [0.2, 0.25) is 0 Å². The molecule has 0 saturated heterocycles. The van der Waals surface area contributed by atoms with Gasteiger partial charge in [0.15, 0.2) is 11.5 Å². The molecule has 2 aromatic heterocycles. The van der Waals surface area contributed by atoms with Crippen LogP contribution < -0.4 is 30.4 Å². The van der Waals surface area contributed by atoms with Gasteiger partial charge in [0.2, 0.25) is 0 Å². The van der Waals surface area contributed by atoms with Gasteiger partial charge in [-0.25, -0.2) is 9.78 Å². The van der Waals surface area contributed by atoms with Crippen LogP contribution in [0.5, 0.6) is 17.2 Å². The lowest BCUT2D eigenvalue weighted by molar-refractivity contribution is 0.262. The van der Waals surface area contributed by atoms with E-state index >= 15 is 0 Å². The number of anilines is 2. The van der Waals surface area contributed by atoms with Crippen LogP contribution in [-0.2, 0) is 6.61 Å². The molecule has 0 aliphatic heterocycles. The van der Waals surface area contributed by atoms with Gasteiger partial charge in [0.05, 0.1) is 19.9 Å². The maximum Gasteiger partial charge on any atom is 0.323 e.